The predicted molar refractivity (Wildman–Crippen MR) is 109 cm³/mol. The first-order chi connectivity index (χ1) is 11.3. The quantitative estimate of drug-likeness (QED) is 0.229. The summed E-state index contributed by atoms with van der Waals surface area (Å²) >= 11 is -1.57. The molecule has 0 spiro atoms. The molecule has 0 amide bonds. The van der Waals surface area contributed by atoms with E-state index in [0.717, 1.165) is 0 Å². The SMILES string of the molecule is CCC[CH2][Ge]([CH2]CCC)([CH2]CCC)[CH2]CCCc1ccccc1. The standard InChI is InChI=1S/C22H40Ge/c1-4-7-18-23(19-8-5-2,20-9-6-3)21-14-13-17-22-15-11-10-12-16-22/h10-12,15-16H,4-9,13-14,17-21H2,1-3H3. The molecule has 0 aliphatic carbocycles. The van der Waals surface area contributed by atoms with Crippen molar-refractivity contribution in [3.8, 4) is 0 Å². The molecule has 0 fully saturated rings. The number of unbranched alkanes of at least 4 members (excludes halogenated alkanes) is 4. The molecular weight excluding hydrogens is 337 g/mol. The van der Waals surface area contributed by atoms with E-state index in [0.29, 0.717) is 0 Å². The van der Waals surface area contributed by atoms with Gasteiger partial charge in [0, 0.05) is 0 Å². The number of aryl methyl sites for hydroxylation is 1. The van der Waals surface area contributed by atoms with Gasteiger partial charge in [0.1, 0.15) is 0 Å². The summed E-state index contributed by atoms with van der Waals surface area (Å²) in [6.45, 7) is 7.13. The fourth-order valence-electron chi connectivity index (χ4n) is 3.88. The van der Waals surface area contributed by atoms with E-state index in [1.165, 1.54) is 63.4 Å². The fourth-order valence-corrected chi connectivity index (χ4v) is 16.1. The number of rotatable bonds is 14. The second-order valence-electron chi connectivity index (χ2n) is 7.50. The van der Waals surface area contributed by atoms with Crippen molar-refractivity contribution in [3.63, 3.8) is 0 Å². The Kier molecular flexibility index (Phi) is 11.8. The van der Waals surface area contributed by atoms with Gasteiger partial charge in [-0.25, -0.2) is 0 Å². The summed E-state index contributed by atoms with van der Waals surface area (Å²) in [5.41, 5.74) is 1.53. The Morgan fingerprint density at radius 3 is 1.57 bits per heavy atom. The summed E-state index contributed by atoms with van der Waals surface area (Å²) < 4.78 is 0. The number of benzene rings is 1. The minimum atomic E-state index is -1.57. The Labute approximate surface area is 148 Å². The molecule has 0 N–H and O–H groups in total. The fraction of sp³-hybridized carbons (Fsp3) is 0.727. The molecule has 132 valence electrons. The van der Waals surface area contributed by atoms with E-state index in [2.05, 4.69) is 51.1 Å². The first-order valence-corrected chi connectivity index (χ1v) is 16.2. The van der Waals surface area contributed by atoms with Crippen molar-refractivity contribution in [1.29, 1.82) is 0 Å². The van der Waals surface area contributed by atoms with Crippen molar-refractivity contribution in [2.24, 2.45) is 0 Å². The van der Waals surface area contributed by atoms with Crippen LogP contribution in [-0.2, 0) is 6.42 Å². The third kappa shape index (κ3) is 8.98. The van der Waals surface area contributed by atoms with E-state index in [1.54, 1.807) is 21.0 Å². The summed E-state index contributed by atoms with van der Waals surface area (Å²) in [6, 6.07) is 11.1. The van der Waals surface area contributed by atoms with Crippen molar-refractivity contribution >= 4 is 13.3 Å². The molecule has 0 aliphatic heterocycles. The first kappa shape index (κ1) is 20.8. The van der Waals surface area contributed by atoms with Gasteiger partial charge in [-0.2, -0.15) is 0 Å². The Bertz CT molecular complexity index is 349. The summed E-state index contributed by atoms with van der Waals surface area (Å²) in [7, 11) is 0. The maximum absolute atomic E-state index is 2.38. The topological polar surface area (TPSA) is 0 Å². The summed E-state index contributed by atoms with van der Waals surface area (Å²) in [5, 5.41) is 6.61. The van der Waals surface area contributed by atoms with Crippen molar-refractivity contribution in [3.05, 3.63) is 35.9 Å². The monoisotopic (exact) mass is 378 g/mol. The molecule has 1 aromatic carbocycles. The Balaban J connectivity index is 2.50. The van der Waals surface area contributed by atoms with Gasteiger partial charge in [-0.05, 0) is 0 Å². The van der Waals surface area contributed by atoms with Gasteiger partial charge in [0.15, 0.2) is 0 Å². The van der Waals surface area contributed by atoms with E-state index >= 15 is 0 Å². The molecule has 0 unspecified atom stereocenters. The van der Waals surface area contributed by atoms with E-state index in [9.17, 15) is 0 Å². The average Bonchev–Trinajstić information content (AvgIpc) is 2.60. The second kappa shape index (κ2) is 13.1. The van der Waals surface area contributed by atoms with Crippen LogP contribution in [0.1, 0.15) is 77.7 Å². The van der Waals surface area contributed by atoms with Crippen molar-refractivity contribution in [1.82, 2.24) is 0 Å². The van der Waals surface area contributed by atoms with Crippen LogP contribution in [0.15, 0.2) is 30.3 Å². The Morgan fingerprint density at radius 1 is 0.609 bits per heavy atom. The molecule has 1 heteroatoms. The van der Waals surface area contributed by atoms with Crippen LogP contribution in [0.2, 0.25) is 21.0 Å². The van der Waals surface area contributed by atoms with Crippen LogP contribution >= 0.6 is 0 Å². The van der Waals surface area contributed by atoms with Crippen LogP contribution in [0.3, 0.4) is 0 Å². The van der Waals surface area contributed by atoms with Crippen molar-refractivity contribution in [2.45, 2.75) is 99.6 Å². The molecule has 0 saturated carbocycles. The number of hydrogen-bond acceptors (Lipinski definition) is 0. The van der Waals surface area contributed by atoms with E-state index in [-0.39, 0.29) is 0 Å². The zero-order valence-electron chi connectivity index (χ0n) is 16.1. The van der Waals surface area contributed by atoms with Crippen LogP contribution in [0.25, 0.3) is 0 Å². The zero-order valence-corrected chi connectivity index (χ0v) is 18.2. The van der Waals surface area contributed by atoms with Crippen LogP contribution in [0, 0.1) is 0 Å². The Morgan fingerprint density at radius 2 is 1.09 bits per heavy atom. The molecule has 1 rings (SSSR count). The third-order valence-electron chi connectivity index (χ3n) is 5.45. The maximum atomic E-state index is 2.38. The average molecular weight is 377 g/mol. The van der Waals surface area contributed by atoms with Gasteiger partial charge in [-0.3, -0.25) is 0 Å². The van der Waals surface area contributed by atoms with Crippen LogP contribution in [0.5, 0.6) is 0 Å². The van der Waals surface area contributed by atoms with Crippen LogP contribution in [-0.4, -0.2) is 13.3 Å². The van der Waals surface area contributed by atoms with Crippen LogP contribution < -0.4 is 0 Å². The molecule has 0 bridgehead atoms. The molecular formula is C22H40Ge. The number of hydrogen-bond donors (Lipinski definition) is 0. The molecule has 0 saturated heterocycles. The van der Waals surface area contributed by atoms with E-state index in [4.69, 9.17) is 0 Å². The molecule has 0 heterocycles. The third-order valence-corrected chi connectivity index (χ3v) is 17.3. The molecule has 1 aromatic rings. The predicted octanol–water partition coefficient (Wildman–Crippen LogP) is 7.86. The van der Waals surface area contributed by atoms with E-state index < -0.39 is 13.3 Å². The van der Waals surface area contributed by atoms with Gasteiger partial charge < -0.3 is 0 Å². The van der Waals surface area contributed by atoms with Gasteiger partial charge in [0.2, 0.25) is 0 Å². The first-order valence-electron chi connectivity index (χ1n) is 10.3. The second-order valence-corrected chi connectivity index (χ2v) is 18.0. The molecule has 0 aliphatic rings. The Hall–Kier alpha value is -0.237. The van der Waals surface area contributed by atoms with Crippen molar-refractivity contribution < 1.29 is 0 Å². The van der Waals surface area contributed by atoms with Gasteiger partial charge in [0.05, 0.1) is 0 Å². The molecule has 0 radical (unpaired) electrons. The van der Waals surface area contributed by atoms with Gasteiger partial charge in [0.25, 0.3) is 0 Å². The van der Waals surface area contributed by atoms with Gasteiger partial charge >= 0.3 is 149 Å². The summed E-state index contributed by atoms with van der Waals surface area (Å²) in [6.07, 6.45) is 12.9. The molecule has 0 atom stereocenters. The molecule has 0 nitrogen and oxygen atoms in total. The normalized spacial score (nSPS) is 11.8. The van der Waals surface area contributed by atoms with Crippen molar-refractivity contribution in [2.75, 3.05) is 0 Å². The molecule has 0 aromatic heterocycles. The van der Waals surface area contributed by atoms with Gasteiger partial charge in [-0.15, -0.1) is 0 Å². The minimum absolute atomic E-state index is 1.29. The van der Waals surface area contributed by atoms with E-state index in [1.807, 2.05) is 0 Å². The zero-order chi connectivity index (χ0) is 16.8. The summed E-state index contributed by atoms with van der Waals surface area (Å²) in [4.78, 5) is 0. The van der Waals surface area contributed by atoms with Crippen LogP contribution in [0.4, 0.5) is 0 Å². The van der Waals surface area contributed by atoms with Gasteiger partial charge in [-0.1, -0.05) is 0 Å². The summed E-state index contributed by atoms with van der Waals surface area (Å²) in [5.74, 6) is 0. The molecule has 23 heavy (non-hydrogen) atoms.